The molecule has 0 aliphatic carbocycles. The van der Waals surface area contributed by atoms with Gasteiger partial charge in [0.15, 0.2) is 5.11 Å². The zero-order chi connectivity index (χ0) is 25.6. The van der Waals surface area contributed by atoms with Crippen molar-refractivity contribution in [3.05, 3.63) is 66.5 Å². The third-order valence-electron chi connectivity index (χ3n) is 7.02. The molecule has 2 aliphatic rings. The van der Waals surface area contributed by atoms with Gasteiger partial charge in [-0.3, -0.25) is 4.98 Å². The van der Waals surface area contributed by atoms with Gasteiger partial charge in [0, 0.05) is 70.0 Å². The molecule has 1 aromatic carbocycles. The highest BCUT2D eigenvalue weighted by molar-refractivity contribution is 7.80. The molecule has 2 aromatic heterocycles. The molecule has 0 bridgehead atoms. The Bertz CT molecular complexity index is 1160. The number of aromatic nitrogens is 3. The Morgan fingerprint density at radius 1 is 0.892 bits per heavy atom. The monoisotopic (exact) mass is 516 g/mol. The Morgan fingerprint density at radius 3 is 2.24 bits per heavy atom. The summed E-state index contributed by atoms with van der Waals surface area (Å²) in [6, 6.07) is 16.7. The molecule has 0 unspecified atom stereocenters. The molecule has 0 saturated carbocycles. The molecular formula is C28H36N8S. The molecule has 0 spiro atoms. The van der Waals surface area contributed by atoms with Gasteiger partial charge in [-0.05, 0) is 54.2 Å². The summed E-state index contributed by atoms with van der Waals surface area (Å²) in [5.41, 5.74) is 2.34. The van der Waals surface area contributed by atoms with E-state index in [-0.39, 0.29) is 0 Å². The second-order valence-corrected chi connectivity index (χ2v) is 10.6. The highest BCUT2D eigenvalue weighted by atomic mass is 32.1. The van der Waals surface area contributed by atoms with Crippen LogP contribution in [0.15, 0.2) is 60.9 Å². The van der Waals surface area contributed by atoms with Crippen molar-refractivity contribution in [3.8, 4) is 0 Å². The van der Waals surface area contributed by atoms with Gasteiger partial charge < -0.3 is 25.3 Å². The Labute approximate surface area is 225 Å². The fraction of sp³-hybridized carbons (Fsp3) is 0.429. The van der Waals surface area contributed by atoms with Crippen molar-refractivity contribution < 1.29 is 0 Å². The van der Waals surface area contributed by atoms with Crippen LogP contribution >= 0.6 is 12.2 Å². The average Bonchev–Trinajstić information content (AvgIpc) is 2.92. The van der Waals surface area contributed by atoms with Crippen LogP contribution in [0.5, 0.6) is 0 Å². The molecule has 5 rings (SSSR count). The lowest BCUT2D eigenvalue weighted by Crippen LogP contribution is -2.47. The van der Waals surface area contributed by atoms with Crippen LogP contribution in [0.1, 0.15) is 25.8 Å². The Morgan fingerprint density at radius 2 is 1.57 bits per heavy atom. The van der Waals surface area contributed by atoms with Crippen molar-refractivity contribution in [3.63, 3.8) is 0 Å². The summed E-state index contributed by atoms with van der Waals surface area (Å²) in [7, 11) is 0. The highest BCUT2D eigenvalue weighted by Crippen LogP contribution is 2.29. The number of anilines is 4. The van der Waals surface area contributed by atoms with Crippen LogP contribution in [0.4, 0.5) is 23.3 Å². The molecule has 2 saturated heterocycles. The fourth-order valence-electron chi connectivity index (χ4n) is 5.32. The van der Waals surface area contributed by atoms with Crippen LogP contribution in [-0.2, 0) is 6.54 Å². The quantitative estimate of drug-likeness (QED) is 0.470. The number of pyridine rings is 1. The van der Waals surface area contributed by atoms with E-state index in [4.69, 9.17) is 22.2 Å². The maximum absolute atomic E-state index is 5.59. The standard InChI is InChI=1S/C28H36N8S/c1-21-15-22(2)20-36(19-21)26-16-25(35-13-11-34(12-14-35)24-8-4-3-5-9-24)31-27(32-26)33-28(37)30-18-23-7-6-10-29-17-23/h3-10,16-17,21-22H,11-15,18-20H2,1-2H3,(H2,30,31,32,33,37)/t21-,22-/m1/s1. The summed E-state index contributed by atoms with van der Waals surface area (Å²) < 4.78 is 0. The number of piperazine rings is 1. The number of nitrogens with zero attached hydrogens (tertiary/aromatic N) is 6. The van der Waals surface area contributed by atoms with Crippen LogP contribution in [0.2, 0.25) is 0 Å². The largest absolute Gasteiger partial charge is 0.368 e. The number of piperidine rings is 1. The van der Waals surface area contributed by atoms with Gasteiger partial charge in [-0.25, -0.2) is 0 Å². The van der Waals surface area contributed by atoms with E-state index >= 15 is 0 Å². The minimum absolute atomic E-state index is 0.501. The summed E-state index contributed by atoms with van der Waals surface area (Å²) in [5.74, 6) is 3.71. The number of hydrogen-bond acceptors (Lipinski definition) is 7. The van der Waals surface area contributed by atoms with Gasteiger partial charge in [0.05, 0.1) is 0 Å². The van der Waals surface area contributed by atoms with Crippen molar-refractivity contribution in [2.75, 3.05) is 59.3 Å². The summed E-state index contributed by atoms with van der Waals surface area (Å²) in [4.78, 5) is 21.2. The first-order valence-corrected chi connectivity index (χ1v) is 13.6. The third-order valence-corrected chi connectivity index (χ3v) is 7.26. The molecule has 4 heterocycles. The Hall–Kier alpha value is -3.46. The molecule has 8 nitrogen and oxygen atoms in total. The van der Waals surface area contributed by atoms with Crippen LogP contribution in [0.25, 0.3) is 0 Å². The van der Waals surface area contributed by atoms with Crippen LogP contribution < -0.4 is 25.3 Å². The first-order chi connectivity index (χ1) is 18.0. The number of hydrogen-bond donors (Lipinski definition) is 2. The van der Waals surface area contributed by atoms with Crippen molar-refractivity contribution >= 4 is 40.6 Å². The average molecular weight is 517 g/mol. The Kier molecular flexibility index (Phi) is 7.99. The van der Waals surface area contributed by atoms with E-state index in [1.807, 2.05) is 18.3 Å². The fourth-order valence-corrected chi connectivity index (χ4v) is 5.48. The Balaban J connectivity index is 1.32. The lowest BCUT2D eigenvalue weighted by molar-refractivity contribution is 0.355. The predicted molar refractivity (Wildman–Crippen MR) is 155 cm³/mol. The SMILES string of the molecule is C[C@@H]1C[C@@H](C)CN(c2cc(N3CCN(c4ccccc4)CC3)nc(NC(=S)NCc3cccnc3)n2)C1. The maximum atomic E-state index is 5.59. The van der Waals surface area contributed by atoms with Gasteiger partial charge >= 0.3 is 0 Å². The normalized spacial score (nSPS) is 20.0. The molecule has 0 amide bonds. The first kappa shape index (κ1) is 25.2. The van der Waals surface area contributed by atoms with E-state index in [9.17, 15) is 0 Å². The summed E-state index contributed by atoms with van der Waals surface area (Å²) in [5, 5.41) is 6.99. The highest BCUT2D eigenvalue weighted by Gasteiger charge is 2.25. The molecule has 2 fully saturated rings. The number of rotatable bonds is 6. The van der Waals surface area contributed by atoms with Crippen LogP contribution in [-0.4, -0.2) is 59.3 Å². The van der Waals surface area contributed by atoms with E-state index in [0.29, 0.717) is 29.4 Å². The van der Waals surface area contributed by atoms with Gasteiger partial charge in [-0.2, -0.15) is 9.97 Å². The first-order valence-electron chi connectivity index (χ1n) is 13.2. The molecule has 37 heavy (non-hydrogen) atoms. The van der Waals surface area contributed by atoms with Crippen molar-refractivity contribution in [1.82, 2.24) is 20.3 Å². The molecular weight excluding hydrogens is 480 g/mol. The topological polar surface area (TPSA) is 72.5 Å². The number of para-hydroxylation sites is 1. The number of thiocarbonyl (C=S) groups is 1. The minimum Gasteiger partial charge on any atom is -0.368 e. The predicted octanol–water partition coefficient (Wildman–Crippen LogP) is 4.17. The van der Waals surface area contributed by atoms with E-state index < -0.39 is 0 Å². The molecule has 2 aliphatic heterocycles. The summed E-state index contributed by atoms with van der Waals surface area (Å²) in [6.45, 7) is 11.0. The van der Waals surface area contributed by atoms with Gasteiger partial charge in [-0.15, -0.1) is 0 Å². The second kappa shape index (κ2) is 11.7. The number of nitrogens with one attached hydrogen (secondary N) is 2. The smallest absolute Gasteiger partial charge is 0.232 e. The maximum Gasteiger partial charge on any atom is 0.232 e. The van der Waals surface area contributed by atoms with Crippen LogP contribution in [0.3, 0.4) is 0 Å². The van der Waals surface area contributed by atoms with Gasteiger partial charge in [0.1, 0.15) is 11.6 Å². The van der Waals surface area contributed by atoms with Crippen LogP contribution in [0, 0.1) is 11.8 Å². The zero-order valence-electron chi connectivity index (χ0n) is 21.7. The minimum atomic E-state index is 0.501. The molecule has 194 valence electrons. The second-order valence-electron chi connectivity index (χ2n) is 10.2. The lowest BCUT2D eigenvalue weighted by Gasteiger charge is -2.38. The number of benzene rings is 1. The molecule has 9 heteroatoms. The summed E-state index contributed by atoms with van der Waals surface area (Å²) >= 11 is 5.59. The van der Waals surface area contributed by atoms with Gasteiger partial charge in [0.2, 0.25) is 5.95 Å². The van der Waals surface area contributed by atoms with Crippen molar-refractivity contribution in [2.24, 2.45) is 11.8 Å². The van der Waals surface area contributed by atoms with Gasteiger partial charge in [0.25, 0.3) is 0 Å². The van der Waals surface area contributed by atoms with E-state index in [0.717, 1.165) is 56.5 Å². The molecule has 2 atom stereocenters. The van der Waals surface area contributed by atoms with E-state index in [1.165, 1.54) is 12.1 Å². The van der Waals surface area contributed by atoms with Crippen molar-refractivity contribution in [2.45, 2.75) is 26.8 Å². The summed E-state index contributed by atoms with van der Waals surface area (Å²) in [6.07, 6.45) is 4.85. The van der Waals surface area contributed by atoms with Gasteiger partial charge in [-0.1, -0.05) is 38.1 Å². The third kappa shape index (κ3) is 6.65. The van der Waals surface area contributed by atoms with Crippen molar-refractivity contribution in [1.29, 1.82) is 0 Å². The lowest BCUT2D eigenvalue weighted by atomic mass is 9.92. The van der Waals surface area contributed by atoms with E-state index in [1.54, 1.807) is 6.20 Å². The molecule has 3 aromatic rings. The zero-order valence-corrected chi connectivity index (χ0v) is 22.5. The molecule has 0 radical (unpaired) electrons. The van der Waals surface area contributed by atoms with E-state index in [2.05, 4.69) is 80.6 Å². The molecule has 2 N–H and O–H groups in total.